The standard InChI is InChI=1S/C21H28O/c1-2-3-4-5-6-7-9-12-18-15-16-19(17-22)21-14-11-8-10-13-20(18)21/h10-11,13-17H,2-9,12H2,1H3. The van der Waals surface area contributed by atoms with E-state index >= 15 is 0 Å². The van der Waals surface area contributed by atoms with Crippen LogP contribution in [0.3, 0.4) is 0 Å². The van der Waals surface area contributed by atoms with Gasteiger partial charge in [0, 0.05) is 5.56 Å². The van der Waals surface area contributed by atoms with Gasteiger partial charge in [0.2, 0.25) is 0 Å². The Morgan fingerprint density at radius 2 is 1.59 bits per heavy atom. The van der Waals surface area contributed by atoms with Crippen molar-refractivity contribution in [3.63, 3.8) is 0 Å². The summed E-state index contributed by atoms with van der Waals surface area (Å²) >= 11 is 0. The van der Waals surface area contributed by atoms with Crippen LogP contribution in [0.1, 0.15) is 85.3 Å². The van der Waals surface area contributed by atoms with Crippen molar-refractivity contribution < 1.29 is 4.79 Å². The molecule has 0 bridgehead atoms. The summed E-state index contributed by atoms with van der Waals surface area (Å²) in [6.45, 7) is 2.26. The van der Waals surface area contributed by atoms with Gasteiger partial charge in [0.1, 0.15) is 0 Å². The zero-order valence-electron chi connectivity index (χ0n) is 13.8. The Labute approximate surface area is 135 Å². The molecule has 0 radical (unpaired) electrons. The first-order chi connectivity index (χ1) is 10.9. The van der Waals surface area contributed by atoms with Gasteiger partial charge in [-0.25, -0.2) is 0 Å². The van der Waals surface area contributed by atoms with Crippen LogP contribution in [-0.4, -0.2) is 6.29 Å². The average Bonchev–Trinajstić information content (AvgIpc) is 2.80. The van der Waals surface area contributed by atoms with Gasteiger partial charge in [0.05, 0.1) is 0 Å². The Kier molecular flexibility index (Phi) is 7.15. The van der Waals surface area contributed by atoms with E-state index in [9.17, 15) is 4.79 Å². The van der Waals surface area contributed by atoms with Crippen molar-refractivity contribution >= 4 is 18.4 Å². The summed E-state index contributed by atoms with van der Waals surface area (Å²) in [5.74, 6) is 0. The summed E-state index contributed by atoms with van der Waals surface area (Å²) in [6, 6.07) is 4.12. The van der Waals surface area contributed by atoms with Crippen LogP contribution in [-0.2, 0) is 6.42 Å². The maximum atomic E-state index is 11.2. The first-order valence-electron chi connectivity index (χ1n) is 8.81. The Morgan fingerprint density at radius 3 is 2.32 bits per heavy atom. The lowest BCUT2D eigenvalue weighted by atomic mass is 9.93. The van der Waals surface area contributed by atoms with Crippen molar-refractivity contribution in [2.75, 3.05) is 0 Å². The van der Waals surface area contributed by atoms with E-state index in [0.29, 0.717) is 0 Å². The maximum Gasteiger partial charge on any atom is 0.150 e. The molecule has 1 aliphatic carbocycles. The molecule has 0 saturated heterocycles. The molecule has 0 amide bonds. The number of fused-ring (bicyclic) bond motifs is 1. The average molecular weight is 296 g/mol. The van der Waals surface area contributed by atoms with E-state index in [1.807, 2.05) is 6.07 Å². The Morgan fingerprint density at radius 1 is 0.909 bits per heavy atom. The molecular weight excluding hydrogens is 268 g/mol. The molecule has 1 aromatic rings. The molecule has 1 aliphatic rings. The minimum Gasteiger partial charge on any atom is -0.298 e. The van der Waals surface area contributed by atoms with Crippen LogP contribution >= 0.6 is 0 Å². The molecule has 2 rings (SSSR count). The lowest BCUT2D eigenvalue weighted by molar-refractivity contribution is 0.112. The quantitative estimate of drug-likeness (QED) is 0.390. The number of hydrogen-bond donors (Lipinski definition) is 0. The highest BCUT2D eigenvalue weighted by Crippen LogP contribution is 2.26. The number of carbonyl (C=O) groups excluding carboxylic acids is 1. The van der Waals surface area contributed by atoms with Crippen LogP contribution in [0.2, 0.25) is 0 Å². The van der Waals surface area contributed by atoms with E-state index in [2.05, 4.69) is 37.3 Å². The van der Waals surface area contributed by atoms with Crippen molar-refractivity contribution in [1.29, 1.82) is 0 Å². The third-order valence-electron chi connectivity index (χ3n) is 4.43. The predicted octanol–water partition coefficient (Wildman–Crippen LogP) is 6.22. The minimum absolute atomic E-state index is 0.807. The van der Waals surface area contributed by atoms with Gasteiger partial charge in [-0.3, -0.25) is 4.79 Å². The normalized spacial score (nSPS) is 13.0. The molecule has 1 aromatic carbocycles. The highest BCUT2D eigenvalue weighted by atomic mass is 16.1. The summed E-state index contributed by atoms with van der Waals surface area (Å²) in [5.41, 5.74) is 4.55. The van der Waals surface area contributed by atoms with Crippen LogP contribution in [0.25, 0.3) is 12.2 Å². The van der Waals surface area contributed by atoms with Crippen molar-refractivity contribution in [2.24, 2.45) is 0 Å². The Bertz CT molecular complexity index is 537. The molecule has 0 N–H and O–H groups in total. The van der Waals surface area contributed by atoms with E-state index < -0.39 is 0 Å². The molecule has 118 valence electrons. The largest absolute Gasteiger partial charge is 0.298 e. The fourth-order valence-electron chi connectivity index (χ4n) is 3.12. The van der Waals surface area contributed by atoms with Gasteiger partial charge in [0.25, 0.3) is 0 Å². The third kappa shape index (κ3) is 4.69. The summed E-state index contributed by atoms with van der Waals surface area (Å²) < 4.78 is 0. The zero-order valence-corrected chi connectivity index (χ0v) is 13.8. The van der Waals surface area contributed by atoms with Crippen molar-refractivity contribution in [3.05, 3.63) is 46.5 Å². The molecule has 1 heteroatoms. The molecule has 22 heavy (non-hydrogen) atoms. The van der Waals surface area contributed by atoms with E-state index in [1.165, 1.54) is 56.1 Å². The first kappa shape index (κ1) is 16.7. The Balaban J connectivity index is 1.94. The monoisotopic (exact) mass is 296 g/mol. The fraction of sp³-hybridized carbons (Fsp3) is 0.476. The van der Waals surface area contributed by atoms with Gasteiger partial charge < -0.3 is 0 Å². The molecule has 0 heterocycles. The molecular formula is C21H28O. The number of hydrogen-bond acceptors (Lipinski definition) is 1. The molecule has 0 unspecified atom stereocenters. The van der Waals surface area contributed by atoms with Crippen LogP contribution in [0.5, 0.6) is 0 Å². The molecule has 0 atom stereocenters. The third-order valence-corrected chi connectivity index (χ3v) is 4.43. The van der Waals surface area contributed by atoms with Crippen molar-refractivity contribution in [1.82, 2.24) is 0 Å². The lowest BCUT2D eigenvalue weighted by Gasteiger charge is -2.11. The second kappa shape index (κ2) is 9.40. The SMILES string of the molecule is CCCCCCCCCc1ccc(C=O)c2c1C=CCC=C2. The van der Waals surface area contributed by atoms with Crippen molar-refractivity contribution in [3.8, 4) is 0 Å². The number of allylic oxidation sites excluding steroid dienone is 2. The molecule has 0 spiro atoms. The number of rotatable bonds is 9. The molecule has 0 aliphatic heterocycles. The molecule has 1 nitrogen and oxygen atoms in total. The van der Waals surface area contributed by atoms with E-state index in [1.54, 1.807) is 0 Å². The summed E-state index contributed by atoms with van der Waals surface area (Å²) in [5, 5.41) is 0. The topological polar surface area (TPSA) is 17.1 Å². The first-order valence-corrected chi connectivity index (χ1v) is 8.81. The Hall–Kier alpha value is -1.63. The lowest BCUT2D eigenvalue weighted by Crippen LogP contribution is -1.97. The van der Waals surface area contributed by atoms with Crippen molar-refractivity contribution in [2.45, 2.75) is 64.7 Å². The number of carbonyl (C=O) groups is 1. The van der Waals surface area contributed by atoms with Gasteiger partial charge in [0.15, 0.2) is 6.29 Å². The van der Waals surface area contributed by atoms with Crippen LogP contribution in [0, 0.1) is 0 Å². The number of unbranched alkanes of at least 4 members (excludes halogenated alkanes) is 6. The van der Waals surface area contributed by atoms with Gasteiger partial charge in [-0.15, -0.1) is 0 Å². The molecule has 0 saturated carbocycles. The summed E-state index contributed by atoms with van der Waals surface area (Å²) in [6.07, 6.45) is 21.0. The summed E-state index contributed by atoms with van der Waals surface area (Å²) in [4.78, 5) is 11.2. The highest BCUT2D eigenvalue weighted by Gasteiger charge is 2.10. The van der Waals surface area contributed by atoms with E-state index in [-0.39, 0.29) is 0 Å². The van der Waals surface area contributed by atoms with E-state index in [4.69, 9.17) is 0 Å². The van der Waals surface area contributed by atoms with Gasteiger partial charge >= 0.3 is 0 Å². The highest BCUT2D eigenvalue weighted by molar-refractivity contribution is 5.86. The second-order valence-corrected chi connectivity index (χ2v) is 6.17. The van der Waals surface area contributed by atoms with Gasteiger partial charge in [-0.1, -0.05) is 81.9 Å². The number of benzene rings is 1. The van der Waals surface area contributed by atoms with Crippen LogP contribution in [0.4, 0.5) is 0 Å². The zero-order chi connectivity index (χ0) is 15.6. The van der Waals surface area contributed by atoms with Gasteiger partial charge in [-0.2, -0.15) is 0 Å². The maximum absolute atomic E-state index is 11.2. The van der Waals surface area contributed by atoms with Gasteiger partial charge in [-0.05, 0) is 36.0 Å². The predicted molar refractivity (Wildman–Crippen MR) is 96.2 cm³/mol. The summed E-state index contributed by atoms with van der Waals surface area (Å²) in [7, 11) is 0. The van der Waals surface area contributed by atoms with Crippen LogP contribution < -0.4 is 0 Å². The number of aryl methyl sites for hydroxylation is 1. The molecule has 0 aromatic heterocycles. The van der Waals surface area contributed by atoms with E-state index in [0.717, 1.165) is 30.3 Å². The van der Waals surface area contributed by atoms with Crippen LogP contribution in [0.15, 0.2) is 24.3 Å². The smallest absolute Gasteiger partial charge is 0.150 e. The minimum atomic E-state index is 0.807. The number of aldehydes is 1. The fourth-order valence-corrected chi connectivity index (χ4v) is 3.12. The second-order valence-electron chi connectivity index (χ2n) is 6.17. The molecule has 0 fully saturated rings.